The van der Waals surface area contributed by atoms with Gasteiger partial charge in [-0.1, -0.05) is 18.2 Å². The van der Waals surface area contributed by atoms with Crippen molar-refractivity contribution in [2.45, 2.75) is 45.5 Å². The van der Waals surface area contributed by atoms with Gasteiger partial charge in [-0.05, 0) is 20.8 Å². The van der Waals surface area contributed by atoms with Crippen LogP contribution in [0.1, 0.15) is 49.4 Å². The highest BCUT2D eigenvalue weighted by Crippen LogP contribution is 2.30. The summed E-state index contributed by atoms with van der Waals surface area (Å²) in [5.74, 6) is 0.399. The second-order valence-corrected chi connectivity index (χ2v) is 7.68. The first-order valence-electron chi connectivity index (χ1n) is 10.2. The van der Waals surface area contributed by atoms with Crippen molar-refractivity contribution in [1.82, 2.24) is 15.0 Å². The molecule has 1 fully saturated rings. The molecule has 0 radical (unpaired) electrons. The molecule has 4 rings (SSSR count). The average Bonchev–Trinajstić information content (AvgIpc) is 3.22. The van der Waals surface area contributed by atoms with Gasteiger partial charge in [0.2, 0.25) is 0 Å². The second kappa shape index (κ2) is 8.58. The Balaban J connectivity index is 1.71. The minimum atomic E-state index is -1.42. The van der Waals surface area contributed by atoms with Gasteiger partial charge in [0, 0.05) is 23.6 Å². The predicted octanol–water partition coefficient (Wildman–Crippen LogP) is 4.14. The van der Waals surface area contributed by atoms with E-state index in [0.29, 0.717) is 47.9 Å². The highest BCUT2D eigenvalue weighted by atomic mass is 19.1. The minimum absolute atomic E-state index is 0.00803. The Hall–Kier alpha value is -3.07. The van der Waals surface area contributed by atoms with Crippen LogP contribution in [-0.2, 0) is 4.74 Å². The van der Waals surface area contributed by atoms with Gasteiger partial charge in [-0.3, -0.25) is 4.79 Å². The molecule has 0 saturated carbocycles. The Kier molecular flexibility index (Phi) is 5.86. The summed E-state index contributed by atoms with van der Waals surface area (Å²) in [6, 6.07) is 5.72. The van der Waals surface area contributed by atoms with Gasteiger partial charge in [-0.25, -0.2) is 18.7 Å². The van der Waals surface area contributed by atoms with Crippen LogP contribution in [0.3, 0.4) is 0 Å². The van der Waals surface area contributed by atoms with Crippen molar-refractivity contribution < 1.29 is 18.3 Å². The molecule has 3 aromatic rings. The van der Waals surface area contributed by atoms with Gasteiger partial charge in [0.25, 0.3) is 5.56 Å². The number of aromatic amines is 1. The van der Waals surface area contributed by atoms with Gasteiger partial charge < -0.3 is 19.8 Å². The van der Waals surface area contributed by atoms with Crippen molar-refractivity contribution in [1.29, 1.82) is 0 Å². The van der Waals surface area contributed by atoms with Gasteiger partial charge >= 0.3 is 0 Å². The van der Waals surface area contributed by atoms with E-state index in [9.17, 15) is 13.6 Å². The summed E-state index contributed by atoms with van der Waals surface area (Å²) in [6.45, 7) is 5.76. The molecule has 7 nitrogen and oxygen atoms in total. The molecule has 1 aliphatic rings. The molecule has 164 valence electrons. The van der Waals surface area contributed by atoms with Crippen LogP contribution in [0.15, 0.2) is 29.1 Å². The molecule has 2 aromatic heterocycles. The lowest BCUT2D eigenvalue weighted by Crippen LogP contribution is -2.21. The lowest BCUT2D eigenvalue weighted by Gasteiger charge is -2.19. The average molecular weight is 430 g/mol. The summed E-state index contributed by atoms with van der Waals surface area (Å²) in [7, 11) is 0. The molecule has 0 aliphatic carbocycles. The Morgan fingerprint density at radius 3 is 2.77 bits per heavy atom. The molecule has 31 heavy (non-hydrogen) atoms. The number of H-pyrrole nitrogens is 1. The van der Waals surface area contributed by atoms with Crippen LogP contribution in [0.2, 0.25) is 0 Å². The van der Waals surface area contributed by atoms with E-state index in [-0.39, 0.29) is 17.4 Å². The van der Waals surface area contributed by atoms with E-state index in [1.165, 1.54) is 13.0 Å². The van der Waals surface area contributed by atoms with Crippen LogP contribution in [-0.4, -0.2) is 34.3 Å². The van der Waals surface area contributed by atoms with Crippen LogP contribution < -0.4 is 15.6 Å². The van der Waals surface area contributed by atoms with Crippen LogP contribution in [0.4, 0.5) is 14.6 Å². The minimum Gasteiger partial charge on any atom is -0.482 e. The molecule has 1 unspecified atom stereocenters. The first-order chi connectivity index (χ1) is 14.8. The van der Waals surface area contributed by atoms with E-state index in [0.717, 1.165) is 0 Å². The molecule has 0 amide bonds. The van der Waals surface area contributed by atoms with Gasteiger partial charge in [0.05, 0.1) is 24.6 Å². The molecule has 1 aliphatic heterocycles. The fourth-order valence-electron chi connectivity index (χ4n) is 3.65. The molecule has 9 heteroatoms. The molecule has 0 spiro atoms. The first kappa shape index (κ1) is 21.2. The summed E-state index contributed by atoms with van der Waals surface area (Å²) in [6.07, 6.45) is -0.912. The Bertz CT molecular complexity index is 1160. The zero-order valence-electron chi connectivity index (χ0n) is 17.5. The summed E-state index contributed by atoms with van der Waals surface area (Å²) >= 11 is 0. The standard InChI is InChI=1S/C22H24F2N4O3/c1-11(23)15-5-4-6-16(19(15)24)12(2)25-20-17-9-18(31-14-7-8-30-10-14)22(29)28-21(17)27-13(3)26-20/h4-6,9,11-12,14H,7-8,10H2,1-3H3,(H2,25,26,27,28,29)/t11?,12-,14+/m1/s1. The van der Waals surface area contributed by atoms with Crippen molar-refractivity contribution in [3.05, 3.63) is 57.4 Å². The summed E-state index contributed by atoms with van der Waals surface area (Å²) in [5, 5.41) is 3.70. The van der Waals surface area contributed by atoms with Crippen molar-refractivity contribution in [3.8, 4) is 5.75 Å². The van der Waals surface area contributed by atoms with E-state index < -0.39 is 23.6 Å². The van der Waals surface area contributed by atoms with Gasteiger partial charge in [-0.2, -0.15) is 0 Å². The lowest BCUT2D eigenvalue weighted by molar-refractivity contribution is 0.140. The van der Waals surface area contributed by atoms with E-state index in [2.05, 4.69) is 20.3 Å². The van der Waals surface area contributed by atoms with Crippen LogP contribution in [0.25, 0.3) is 11.0 Å². The molecule has 1 aromatic carbocycles. The van der Waals surface area contributed by atoms with E-state index in [4.69, 9.17) is 9.47 Å². The number of pyridine rings is 1. The van der Waals surface area contributed by atoms with Crippen LogP contribution >= 0.6 is 0 Å². The number of rotatable bonds is 6. The van der Waals surface area contributed by atoms with Gasteiger partial charge in [-0.15, -0.1) is 0 Å². The molecule has 1 saturated heterocycles. The number of anilines is 1. The van der Waals surface area contributed by atoms with E-state index >= 15 is 0 Å². The molecule has 3 heterocycles. The molecule has 2 N–H and O–H groups in total. The summed E-state index contributed by atoms with van der Waals surface area (Å²) in [5.41, 5.74) is 0.269. The largest absolute Gasteiger partial charge is 0.482 e. The summed E-state index contributed by atoms with van der Waals surface area (Å²) in [4.78, 5) is 23.9. The SMILES string of the molecule is Cc1nc(N[C@H](C)c2cccc(C(C)F)c2F)c2cc(O[C@H]3CCOC3)c(=O)[nH]c2n1. The van der Waals surface area contributed by atoms with Crippen molar-refractivity contribution in [2.24, 2.45) is 0 Å². The number of ether oxygens (including phenoxy) is 2. The van der Waals surface area contributed by atoms with Crippen LogP contribution in [0, 0.1) is 12.7 Å². The van der Waals surface area contributed by atoms with Crippen molar-refractivity contribution in [2.75, 3.05) is 18.5 Å². The molecular formula is C22H24F2N4O3. The Morgan fingerprint density at radius 2 is 2.06 bits per heavy atom. The lowest BCUT2D eigenvalue weighted by atomic mass is 10.0. The van der Waals surface area contributed by atoms with E-state index in [1.807, 2.05) is 0 Å². The maximum absolute atomic E-state index is 14.8. The number of fused-ring (bicyclic) bond motifs is 1. The number of aryl methyl sites for hydroxylation is 1. The zero-order valence-corrected chi connectivity index (χ0v) is 17.5. The number of hydrogen-bond acceptors (Lipinski definition) is 6. The van der Waals surface area contributed by atoms with Gasteiger partial charge in [0.1, 0.15) is 35.4 Å². The predicted molar refractivity (Wildman–Crippen MR) is 113 cm³/mol. The third-order valence-electron chi connectivity index (χ3n) is 5.28. The number of halogens is 2. The number of hydrogen-bond donors (Lipinski definition) is 2. The van der Waals surface area contributed by atoms with Gasteiger partial charge in [0.15, 0.2) is 5.75 Å². The molecule has 3 atom stereocenters. The number of alkyl halides is 1. The monoisotopic (exact) mass is 430 g/mol. The second-order valence-electron chi connectivity index (χ2n) is 7.68. The third-order valence-corrected chi connectivity index (χ3v) is 5.28. The number of aromatic nitrogens is 3. The number of nitrogens with zero attached hydrogens (tertiary/aromatic N) is 2. The Morgan fingerprint density at radius 1 is 1.29 bits per heavy atom. The fourth-order valence-corrected chi connectivity index (χ4v) is 3.65. The Labute approximate surface area is 177 Å². The number of nitrogens with one attached hydrogen (secondary N) is 2. The molecular weight excluding hydrogens is 406 g/mol. The molecule has 0 bridgehead atoms. The summed E-state index contributed by atoms with van der Waals surface area (Å²) < 4.78 is 39.7. The maximum Gasteiger partial charge on any atom is 0.291 e. The zero-order chi connectivity index (χ0) is 22.1. The highest BCUT2D eigenvalue weighted by molar-refractivity contribution is 5.87. The third kappa shape index (κ3) is 4.36. The smallest absolute Gasteiger partial charge is 0.291 e. The highest BCUT2D eigenvalue weighted by Gasteiger charge is 2.21. The van der Waals surface area contributed by atoms with Crippen LogP contribution in [0.5, 0.6) is 5.75 Å². The first-order valence-corrected chi connectivity index (χ1v) is 10.2. The quantitative estimate of drug-likeness (QED) is 0.611. The van der Waals surface area contributed by atoms with E-state index in [1.54, 1.807) is 32.0 Å². The fraction of sp³-hybridized carbons (Fsp3) is 0.409. The topological polar surface area (TPSA) is 89.1 Å². The maximum atomic E-state index is 14.8. The normalized spacial score (nSPS) is 18.2. The van der Waals surface area contributed by atoms with Crippen molar-refractivity contribution in [3.63, 3.8) is 0 Å². The van der Waals surface area contributed by atoms with Crippen molar-refractivity contribution >= 4 is 16.9 Å². The number of benzene rings is 1.